The molecule has 2 aromatic carbocycles. The van der Waals surface area contributed by atoms with E-state index in [0.717, 1.165) is 11.1 Å². The average Bonchev–Trinajstić information content (AvgIpc) is 3.39. The number of ether oxygens (including phenoxy) is 1. The number of benzene rings is 2. The number of rotatable bonds is 5. The molecule has 0 atom stereocenters. The van der Waals surface area contributed by atoms with Gasteiger partial charge < -0.3 is 15.0 Å². The third-order valence-electron chi connectivity index (χ3n) is 5.28. The summed E-state index contributed by atoms with van der Waals surface area (Å²) in [5.41, 5.74) is 5.43. The van der Waals surface area contributed by atoms with E-state index in [1.54, 1.807) is 6.20 Å². The van der Waals surface area contributed by atoms with Gasteiger partial charge in [-0.05, 0) is 28.3 Å². The van der Waals surface area contributed by atoms with Crippen molar-refractivity contribution < 1.29 is 14.3 Å². The van der Waals surface area contributed by atoms with Crippen LogP contribution in [0.4, 0.5) is 4.79 Å². The van der Waals surface area contributed by atoms with Gasteiger partial charge in [-0.15, -0.1) is 0 Å². The van der Waals surface area contributed by atoms with Gasteiger partial charge in [-0.1, -0.05) is 95.2 Å². The number of carbonyl (C=O) groups excluding carboxylic acids is 2. The molecule has 0 bridgehead atoms. The third-order valence-corrected chi connectivity index (χ3v) is 5.80. The molecule has 8 heteroatoms. The van der Waals surface area contributed by atoms with Gasteiger partial charge in [0.05, 0.1) is 5.69 Å². The van der Waals surface area contributed by atoms with E-state index in [0.29, 0.717) is 18.5 Å². The van der Waals surface area contributed by atoms with Gasteiger partial charge in [-0.3, -0.25) is 4.79 Å². The molecule has 2 N–H and O–H groups in total. The largest absolute Gasteiger partial charge is 0.449 e. The van der Waals surface area contributed by atoms with Gasteiger partial charge in [0.2, 0.25) is 5.78 Å². The molecule has 0 spiro atoms. The SMILES string of the molecule is O=C(NCCC#Cc1c[nH]c(C(=O)C(Cl)(Cl)Cl)c1)OCC1c2ccccc2-c2ccccc21. The van der Waals surface area contributed by atoms with Crippen LogP contribution < -0.4 is 5.32 Å². The Morgan fingerprint density at radius 3 is 2.30 bits per heavy atom. The normalized spacial score (nSPS) is 12.3. The first-order valence-corrected chi connectivity index (χ1v) is 11.4. The number of nitrogens with one attached hydrogen (secondary N) is 2. The molecule has 0 unspecified atom stereocenters. The lowest BCUT2D eigenvalue weighted by atomic mass is 9.98. The molecular formula is C25H19Cl3N2O3. The monoisotopic (exact) mass is 500 g/mol. The maximum atomic E-state index is 12.2. The zero-order valence-electron chi connectivity index (χ0n) is 17.3. The number of H-pyrrole nitrogens is 1. The maximum absolute atomic E-state index is 12.2. The van der Waals surface area contributed by atoms with E-state index in [-0.39, 0.29) is 18.2 Å². The van der Waals surface area contributed by atoms with Gasteiger partial charge in [0.1, 0.15) is 6.61 Å². The maximum Gasteiger partial charge on any atom is 0.407 e. The number of aromatic amines is 1. The molecule has 1 aromatic heterocycles. The standard InChI is InChI=1S/C25H19Cl3N2O3/c26-25(27,28)23(31)22-13-16(14-30-22)7-5-6-12-29-24(32)33-15-21-19-10-3-1-8-17(19)18-9-2-4-11-20(18)21/h1-4,8-11,13-14,21,30H,6,12,15H2,(H,29,32). The zero-order chi connectivity index (χ0) is 23.4. The van der Waals surface area contributed by atoms with Gasteiger partial charge in [0, 0.05) is 30.6 Å². The summed E-state index contributed by atoms with van der Waals surface area (Å²) in [6.07, 6.45) is 1.47. The molecule has 0 saturated carbocycles. The summed E-state index contributed by atoms with van der Waals surface area (Å²) in [5.74, 6) is 5.17. The number of aromatic nitrogens is 1. The fraction of sp³-hybridized carbons (Fsp3) is 0.200. The predicted octanol–water partition coefficient (Wildman–Crippen LogP) is 5.85. The van der Waals surface area contributed by atoms with E-state index >= 15 is 0 Å². The van der Waals surface area contributed by atoms with Crippen molar-refractivity contribution in [3.05, 3.63) is 83.2 Å². The minimum Gasteiger partial charge on any atom is -0.449 e. The number of alkyl carbamates (subject to hydrolysis) is 1. The highest BCUT2D eigenvalue weighted by molar-refractivity contribution is 6.77. The van der Waals surface area contributed by atoms with Crippen LogP contribution in [0.15, 0.2) is 60.8 Å². The van der Waals surface area contributed by atoms with Crippen LogP contribution in [0.1, 0.15) is 39.5 Å². The Balaban J connectivity index is 1.26. The first-order valence-electron chi connectivity index (χ1n) is 10.2. The fourth-order valence-corrected chi connectivity index (χ4v) is 4.10. The lowest BCUT2D eigenvalue weighted by Crippen LogP contribution is -2.26. The van der Waals surface area contributed by atoms with Gasteiger partial charge in [0.15, 0.2) is 0 Å². The first-order chi connectivity index (χ1) is 15.8. The molecule has 4 rings (SSSR count). The lowest BCUT2D eigenvalue weighted by molar-refractivity contribution is 0.0992. The Bertz CT molecular complexity index is 1210. The molecule has 0 fully saturated rings. The summed E-state index contributed by atoms with van der Waals surface area (Å²) < 4.78 is 3.46. The van der Waals surface area contributed by atoms with Crippen LogP contribution in [0.25, 0.3) is 11.1 Å². The van der Waals surface area contributed by atoms with Crippen LogP contribution in [0.3, 0.4) is 0 Å². The van der Waals surface area contributed by atoms with Crippen LogP contribution >= 0.6 is 34.8 Å². The molecule has 0 aliphatic heterocycles. The van der Waals surface area contributed by atoms with Crippen LogP contribution in [0.5, 0.6) is 0 Å². The van der Waals surface area contributed by atoms with Crippen molar-refractivity contribution in [2.24, 2.45) is 0 Å². The number of ketones is 1. The van der Waals surface area contributed by atoms with Crippen LogP contribution in [-0.4, -0.2) is 33.8 Å². The van der Waals surface area contributed by atoms with Crippen molar-refractivity contribution in [2.75, 3.05) is 13.2 Å². The Morgan fingerprint density at radius 2 is 1.67 bits per heavy atom. The van der Waals surface area contributed by atoms with E-state index in [4.69, 9.17) is 39.5 Å². The van der Waals surface area contributed by atoms with E-state index in [2.05, 4.69) is 46.4 Å². The van der Waals surface area contributed by atoms with Crippen molar-refractivity contribution >= 4 is 46.7 Å². The number of hydrogen-bond acceptors (Lipinski definition) is 3. The molecular weight excluding hydrogens is 483 g/mol. The highest BCUT2D eigenvalue weighted by Gasteiger charge is 2.32. The van der Waals surface area contributed by atoms with Gasteiger partial charge in [-0.2, -0.15) is 0 Å². The van der Waals surface area contributed by atoms with Gasteiger partial charge in [-0.25, -0.2) is 4.79 Å². The molecule has 0 saturated heterocycles. The molecule has 1 amide bonds. The van der Waals surface area contributed by atoms with Crippen LogP contribution in [-0.2, 0) is 4.74 Å². The van der Waals surface area contributed by atoms with Crippen molar-refractivity contribution in [3.63, 3.8) is 0 Å². The summed E-state index contributed by atoms with van der Waals surface area (Å²) in [6, 6.07) is 17.9. The highest BCUT2D eigenvalue weighted by Crippen LogP contribution is 2.44. The third kappa shape index (κ3) is 5.36. The number of Topliss-reactive ketones (excluding diaryl/α,β-unsaturated/α-hetero) is 1. The van der Waals surface area contributed by atoms with Gasteiger partial charge in [0.25, 0.3) is 3.79 Å². The Morgan fingerprint density at radius 1 is 1.03 bits per heavy atom. The number of hydrogen-bond donors (Lipinski definition) is 2. The zero-order valence-corrected chi connectivity index (χ0v) is 19.6. The summed E-state index contributed by atoms with van der Waals surface area (Å²) in [4.78, 5) is 26.8. The molecule has 0 radical (unpaired) electrons. The number of halogens is 3. The van der Waals surface area contributed by atoms with E-state index in [9.17, 15) is 9.59 Å². The summed E-state index contributed by atoms with van der Waals surface area (Å²) in [7, 11) is 0. The Hall–Kier alpha value is -2.91. The van der Waals surface area contributed by atoms with E-state index < -0.39 is 15.7 Å². The first kappa shape index (κ1) is 23.3. The number of amides is 1. The summed E-state index contributed by atoms with van der Waals surface area (Å²) in [5, 5.41) is 2.71. The second kappa shape index (κ2) is 9.93. The van der Waals surface area contributed by atoms with Crippen LogP contribution in [0, 0.1) is 11.8 Å². The quantitative estimate of drug-likeness (QED) is 0.199. The van der Waals surface area contributed by atoms with E-state index in [1.807, 2.05) is 24.3 Å². The second-order valence-corrected chi connectivity index (χ2v) is 9.71. The molecule has 1 aliphatic rings. The van der Waals surface area contributed by atoms with Crippen LogP contribution in [0.2, 0.25) is 0 Å². The smallest absolute Gasteiger partial charge is 0.407 e. The predicted molar refractivity (Wildman–Crippen MR) is 130 cm³/mol. The highest BCUT2D eigenvalue weighted by atomic mass is 35.6. The number of fused-ring (bicyclic) bond motifs is 3. The molecule has 5 nitrogen and oxygen atoms in total. The van der Waals surface area contributed by atoms with Crippen molar-refractivity contribution in [1.82, 2.24) is 10.3 Å². The number of carbonyl (C=O) groups is 2. The minimum atomic E-state index is -2.03. The lowest BCUT2D eigenvalue weighted by Gasteiger charge is -2.14. The minimum absolute atomic E-state index is 0.0149. The fourth-order valence-electron chi connectivity index (χ4n) is 3.79. The van der Waals surface area contributed by atoms with Crippen molar-refractivity contribution in [2.45, 2.75) is 16.1 Å². The van der Waals surface area contributed by atoms with E-state index in [1.165, 1.54) is 17.2 Å². The summed E-state index contributed by atoms with van der Waals surface area (Å²) >= 11 is 16.8. The Labute approximate surface area is 206 Å². The second-order valence-electron chi connectivity index (χ2n) is 7.43. The van der Waals surface area contributed by atoms with Gasteiger partial charge >= 0.3 is 6.09 Å². The Kier molecular flexibility index (Phi) is 6.99. The number of alkyl halides is 3. The van der Waals surface area contributed by atoms with Crippen molar-refractivity contribution in [3.8, 4) is 23.0 Å². The molecule has 1 aliphatic carbocycles. The molecule has 168 valence electrons. The topological polar surface area (TPSA) is 71.2 Å². The molecule has 3 aromatic rings. The molecule has 33 heavy (non-hydrogen) atoms. The average molecular weight is 502 g/mol. The molecule has 1 heterocycles. The summed E-state index contributed by atoms with van der Waals surface area (Å²) in [6.45, 7) is 0.586. The van der Waals surface area contributed by atoms with Crippen molar-refractivity contribution in [1.29, 1.82) is 0 Å².